The fraction of sp³-hybridized carbons (Fsp3) is 0.0714. The van der Waals surface area contributed by atoms with Crippen molar-refractivity contribution in [3.63, 3.8) is 0 Å². The van der Waals surface area contributed by atoms with E-state index in [-0.39, 0.29) is 23.5 Å². The summed E-state index contributed by atoms with van der Waals surface area (Å²) >= 11 is 0. The lowest BCUT2D eigenvalue weighted by Gasteiger charge is -2.08. The topological polar surface area (TPSA) is 33.0 Å². The fourth-order valence-electron chi connectivity index (χ4n) is 1.50. The van der Waals surface area contributed by atoms with E-state index in [4.69, 9.17) is 10.00 Å². The van der Waals surface area contributed by atoms with E-state index in [2.05, 4.69) is 0 Å². The lowest BCUT2D eigenvalue weighted by molar-refractivity contribution is 0.291. The first kappa shape index (κ1) is 13.0. The molecule has 5 heteroatoms. The van der Waals surface area contributed by atoms with Crippen molar-refractivity contribution < 1.29 is 17.9 Å². The second kappa shape index (κ2) is 5.44. The highest BCUT2D eigenvalue weighted by atomic mass is 19.1. The summed E-state index contributed by atoms with van der Waals surface area (Å²) in [5.41, 5.74) is -0.350. The standard InChI is InChI=1S/C14H8F3NO/c15-12-2-1-3-13(16)11(12)8-19-10-5-4-9(7-18)14(17)6-10/h1-6H,8H2. The summed E-state index contributed by atoms with van der Waals surface area (Å²) < 4.78 is 45.0. The van der Waals surface area contributed by atoms with Gasteiger partial charge in [-0.05, 0) is 24.3 Å². The molecule has 0 aromatic heterocycles. The second-order valence-corrected chi connectivity index (χ2v) is 3.74. The van der Waals surface area contributed by atoms with Crippen LogP contribution in [0.3, 0.4) is 0 Å². The third kappa shape index (κ3) is 2.86. The van der Waals surface area contributed by atoms with E-state index >= 15 is 0 Å². The Kier molecular flexibility index (Phi) is 3.71. The van der Waals surface area contributed by atoms with Gasteiger partial charge in [-0.3, -0.25) is 0 Å². The van der Waals surface area contributed by atoms with Gasteiger partial charge in [0, 0.05) is 6.07 Å². The van der Waals surface area contributed by atoms with E-state index in [0.29, 0.717) is 0 Å². The number of hydrogen-bond donors (Lipinski definition) is 0. The molecule has 0 aliphatic heterocycles. The first-order chi connectivity index (χ1) is 9.11. The smallest absolute Gasteiger partial charge is 0.144 e. The molecule has 2 nitrogen and oxygen atoms in total. The molecule has 0 N–H and O–H groups in total. The second-order valence-electron chi connectivity index (χ2n) is 3.74. The lowest BCUT2D eigenvalue weighted by atomic mass is 10.2. The predicted molar refractivity (Wildman–Crippen MR) is 61.8 cm³/mol. The van der Waals surface area contributed by atoms with Crippen LogP contribution in [0.25, 0.3) is 0 Å². The number of nitrogens with zero attached hydrogens (tertiary/aromatic N) is 1. The summed E-state index contributed by atoms with van der Waals surface area (Å²) in [6.07, 6.45) is 0. The number of benzene rings is 2. The van der Waals surface area contributed by atoms with Crippen LogP contribution >= 0.6 is 0 Å². The summed E-state index contributed by atoms with van der Waals surface area (Å²) in [6.45, 7) is -0.357. The van der Waals surface area contributed by atoms with Crippen LogP contribution in [0.4, 0.5) is 13.2 Å². The molecule has 0 saturated heterocycles. The van der Waals surface area contributed by atoms with Crippen LogP contribution in [-0.4, -0.2) is 0 Å². The minimum Gasteiger partial charge on any atom is -0.489 e. The van der Waals surface area contributed by atoms with Gasteiger partial charge < -0.3 is 4.74 Å². The van der Waals surface area contributed by atoms with Crippen LogP contribution in [0.15, 0.2) is 36.4 Å². The van der Waals surface area contributed by atoms with Gasteiger partial charge in [-0.25, -0.2) is 13.2 Å². The molecule has 19 heavy (non-hydrogen) atoms. The number of nitriles is 1. The largest absolute Gasteiger partial charge is 0.489 e. The Bertz CT molecular complexity index is 629. The van der Waals surface area contributed by atoms with E-state index < -0.39 is 17.5 Å². The van der Waals surface area contributed by atoms with Crippen LogP contribution < -0.4 is 4.74 Å². The molecule has 2 rings (SSSR count). The molecule has 0 bridgehead atoms. The minimum absolute atomic E-state index is 0.0964. The zero-order valence-electron chi connectivity index (χ0n) is 9.66. The lowest BCUT2D eigenvalue weighted by Crippen LogP contribution is -2.02. The molecule has 2 aromatic rings. The summed E-state index contributed by atoms with van der Waals surface area (Å²) in [6, 6.07) is 8.73. The molecule has 0 atom stereocenters. The van der Waals surface area contributed by atoms with Crippen molar-refractivity contribution in [2.75, 3.05) is 0 Å². The van der Waals surface area contributed by atoms with Crippen LogP contribution in [0.1, 0.15) is 11.1 Å². The maximum absolute atomic E-state index is 13.3. The quantitative estimate of drug-likeness (QED) is 0.848. The number of ether oxygens (including phenoxy) is 1. The highest BCUT2D eigenvalue weighted by Gasteiger charge is 2.10. The molecule has 0 amide bonds. The first-order valence-corrected chi connectivity index (χ1v) is 5.37. The van der Waals surface area contributed by atoms with Gasteiger partial charge in [-0.2, -0.15) is 5.26 Å². The Morgan fingerprint density at radius 1 is 1.00 bits per heavy atom. The van der Waals surface area contributed by atoms with E-state index in [1.54, 1.807) is 6.07 Å². The highest BCUT2D eigenvalue weighted by molar-refractivity contribution is 5.36. The Morgan fingerprint density at radius 2 is 1.68 bits per heavy atom. The molecule has 2 aromatic carbocycles. The van der Waals surface area contributed by atoms with Gasteiger partial charge >= 0.3 is 0 Å². The third-order valence-electron chi connectivity index (χ3n) is 2.51. The number of halogens is 3. The molecule has 0 spiro atoms. The molecule has 0 heterocycles. The summed E-state index contributed by atoms with van der Waals surface area (Å²) in [5.74, 6) is -2.10. The van der Waals surface area contributed by atoms with Crippen molar-refractivity contribution in [2.45, 2.75) is 6.61 Å². The molecule has 0 aliphatic rings. The van der Waals surface area contributed by atoms with Gasteiger partial charge in [0.2, 0.25) is 0 Å². The average Bonchev–Trinajstić information content (AvgIpc) is 2.38. The van der Waals surface area contributed by atoms with Crippen LogP contribution in [-0.2, 0) is 6.61 Å². The Labute approximate surface area is 107 Å². The molecular formula is C14H8F3NO. The van der Waals surface area contributed by atoms with Crippen molar-refractivity contribution >= 4 is 0 Å². The third-order valence-corrected chi connectivity index (χ3v) is 2.51. The van der Waals surface area contributed by atoms with Gasteiger partial charge in [0.05, 0.1) is 11.1 Å². The number of hydrogen-bond acceptors (Lipinski definition) is 2. The molecule has 0 saturated carbocycles. The van der Waals surface area contributed by atoms with Crippen LogP contribution in [0.2, 0.25) is 0 Å². The van der Waals surface area contributed by atoms with E-state index in [9.17, 15) is 13.2 Å². The summed E-state index contributed by atoms with van der Waals surface area (Å²) in [5, 5.41) is 8.56. The van der Waals surface area contributed by atoms with E-state index in [1.165, 1.54) is 18.2 Å². The fourth-order valence-corrected chi connectivity index (χ4v) is 1.50. The highest BCUT2D eigenvalue weighted by Crippen LogP contribution is 2.19. The van der Waals surface area contributed by atoms with Crippen LogP contribution in [0, 0.1) is 28.8 Å². The summed E-state index contributed by atoms with van der Waals surface area (Å²) in [4.78, 5) is 0. The number of rotatable bonds is 3. The normalized spacial score (nSPS) is 10.0. The maximum Gasteiger partial charge on any atom is 0.144 e. The Hall–Kier alpha value is -2.48. The average molecular weight is 263 g/mol. The Balaban J connectivity index is 2.15. The Morgan fingerprint density at radius 3 is 2.26 bits per heavy atom. The molecule has 0 aliphatic carbocycles. The first-order valence-electron chi connectivity index (χ1n) is 5.37. The van der Waals surface area contributed by atoms with E-state index in [0.717, 1.165) is 18.2 Å². The minimum atomic E-state index is -0.742. The van der Waals surface area contributed by atoms with Gasteiger partial charge in [0.1, 0.15) is 35.9 Å². The van der Waals surface area contributed by atoms with Crippen LogP contribution in [0.5, 0.6) is 5.75 Å². The predicted octanol–water partition coefficient (Wildman–Crippen LogP) is 3.55. The van der Waals surface area contributed by atoms with E-state index in [1.807, 2.05) is 0 Å². The van der Waals surface area contributed by atoms with Crippen molar-refractivity contribution in [3.8, 4) is 11.8 Å². The van der Waals surface area contributed by atoms with Gasteiger partial charge in [0.25, 0.3) is 0 Å². The molecule has 96 valence electrons. The molecule has 0 unspecified atom stereocenters. The van der Waals surface area contributed by atoms with Crippen molar-refractivity contribution in [3.05, 3.63) is 65.0 Å². The monoisotopic (exact) mass is 263 g/mol. The zero-order valence-corrected chi connectivity index (χ0v) is 9.66. The maximum atomic E-state index is 13.3. The van der Waals surface area contributed by atoms with Crippen molar-refractivity contribution in [1.29, 1.82) is 5.26 Å². The van der Waals surface area contributed by atoms with Crippen molar-refractivity contribution in [1.82, 2.24) is 0 Å². The van der Waals surface area contributed by atoms with Gasteiger partial charge in [0.15, 0.2) is 0 Å². The van der Waals surface area contributed by atoms with Gasteiger partial charge in [-0.15, -0.1) is 0 Å². The zero-order chi connectivity index (χ0) is 13.8. The SMILES string of the molecule is N#Cc1ccc(OCc2c(F)cccc2F)cc1F. The summed E-state index contributed by atoms with van der Waals surface area (Å²) in [7, 11) is 0. The van der Waals surface area contributed by atoms with Gasteiger partial charge in [-0.1, -0.05) is 6.07 Å². The molecular weight excluding hydrogens is 255 g/mol. The molecule has 0 radical (unpaired) electrons. The van der Waals surface area contributed by atoms with Crippen molar-refractivity contribution in [2.24, 2.45) is 0 Å². The molecule has 0 fully saturated rings.